The Balaban J connectivity index is 1.06. The Bertz CT molecular complexity index is 2250. The number of rotatable bonds is 20. The average Bonchev–Trinajstić information content (AvgIpc) is 3.60. The smallest absolute Gasteiger partial charge is 0.449 e. The lowest BCUT2D eigenvalue weighted by atomic mass is 9.92. The molecule has 0 spiro atoms. The second kappa shape index (κ2) is 19.6. The van der Waals surface area contributed by atoms with Gasteiger partial charge in [-0.1, -0.05) is 140 Å². The number of para-hydroxylation sites is 2. The predicted molar refractivity (Wildman–Crippen MR) is 229 cm³/mol. The Hall–Kier alpha value is -5.99. The zero-order valence-corrected chi connectivity index (χ0v) is 33.7. The van der Waals surface area contributed by atoms with Crippen LogP contribution in [0.15, 0.2) is 164 Å². The van der Waals surface area contributed by atoms with Gasteiger partial charge >= 0.3 is 13.9 Å². The number of amides is 1. The number of hydrogen-bond donors (Lipinski definition) is 2. The van der Waals surface area contributed by atoms with Gasteiger partial charge in [0.15, 0.2) is 5.78 Å². The molecule has 0 aliphatic heterocycles. The number of phosphoric ester groups is 1. The molecule has 9 nitrogen and oxygen atoms in total. The second-order valence-electron chi connectivity index (χ2n) is 14.7. The third kappa shape index (κ3) is 10.9. The third-order valence-electron chi connectivity index (χ3n) is 10.6. The van der Waals surface area contributed by atoms with Crippen molar-refractivity contribution >= 4 is 19.7 Å². The Kier molecular flexibility index (Phi) is 13.7. The number of benzene rings is 6. The van der Waals surface area contributed by atoms with E-state index in [9.17, 15) is 19.3 Å². The minimum atomic E-state index is -4.41. The summed E-state index contributed by atoms with van der Waals surface area (Å²) in [5, 5.41) is 13.9. The summed E-state index contributed by atoms with van der Waals surface area (Å²) in [6.07, 6.45) is 2.84. The summed E-state index contributed by atoms with van der Waals surface area (Å²) in [5.74, 6) is 0.386. The summed E-state index contributed by atoms with van der Waals surface area (Å²) in [6, 6.07) is 50.7. The highest BCUT2D eigenvalue weighted by atomic mass is 31.2. The molecule has 1 atom stereocenters. The van der Waals surface area contributed by atoms with Crippen LogP contribution >= 0.6 is 7.82 Å². The van der Waals surface area contributed by atoms with Crippen molar-refractivity contribution < 1.29 is 37.6 Å². The highest BCUT2D eigenvalue weighted by molar-refractivity contribution is 7.49. The second-order valence-corrected chi connectivity index (χ2v) is 16.2. The molecule has 1 aliphatic rings. The van der Waals surface area contributed by atoms with Gasteiger partial charge in [-0.25, -0.2) is 9.36 Å². The van der Waals surface area contributed by atoms with E-state index in [2.05, 4.69) is 29.6 Å². The number of carbonyl (C=O) groups excluding carboxylic acids is 2. The summed E-state index contributed by atoms with van der Waals surface area (Å²) in [5.41, 5.74) is 5.56. The first kappa shape index (κ1) is 41.2. The van der Waals surface area contributed by atoms with Gasteiger partial charge in [-0.15, -0.1) is 0 Å². The largest absolute Gasteiger partial charge is 0.587 e. The van der Waals surface area contributed by atoms with Crippen molar-refractivity contribution in [1.29, 1.82) is 0 Å². The molecular weight excluding hydrogens is 762 g/mol. The highest BCUT2D eigenvalue weighted by Gasteiger charge is 2.40. The normalized spacial score (nSPS) is 13.1. The van der Waals surface area contributed by atoms with E-state index in [1.807, 2.05) is 66.7 Å². The van der Waals surface area contributed by atoms with Crippen molar-refractivity contribution in [2.45, 2.75) is 50.0 Å². The first-order valence-corrected chi connectivity index (χ1v) is 21.4. The van der Waals surface area contributed by atoms with Gasteiger partial charge in [-0.05, 0) is 89.8 Å². The fraction of sp³-hybridized carbons (Fsp3) is 0.224. The molecule has 2 N–H and O–H groups in total. The van der Waals surface area contributed by atoms with Gasteiger partial charge in [0, 0.05) is 17.9 Å². The van der Waals surface area contributed by atoms with E-state index in [0.717, 1.165) is 47.1 Å². The standard InChI is InChI=1S/C49H48NO8P/c51-35-49(36-56-59(54,57-40-19-6-2-7-20-40)58-41-21-8-3-9-22-41,50-48(53)55-34-46-44-25-13-11-23-42(44)43-24-12-14-26-45(43)46)33-32-38-28-30-39(31-29-38)47(52)27-15-10-18-37-16-4-1-5-17-37/h1-9,11-14,16-17,19-26,28-31,46,51H,10,15,18,27,32-36H2,(H,50,53). The van der Waals surface area contributed by atoms with Gasteiger partial charge in [0.1, 0.15) is 18.1 Å². The molecule has 0 fully saturated rings. The zero-order valence-electron chi connectivity index (χ0n) is 32.8. The van der Waals surface area contributed by atoms with E-state index in [-0.39, 0.29) is 36.2 Å². The summed E-state index contributed by atoms with van der Waals surface area (Å²) >= 11 is 0. The Morgan fingerprint density at radius 3 is 1.73 bits per heavy atom. The van der Waals surface area contributed by atoms with E-state index in [0.29, 0.717) is 18.4 Å². The quantitative estimate of drug-likeness (QED) is 0.0444. The summed E-state index contributed by atoms with van der Waals surface area (Å²) in [7, 11) is -4.41. The number of phosphoric acid groups is 1. The Morgan fingerprint density at radius 2 is 1.15 bits per heavy atom. The number of aliphatic hydroxyl groups is 1. The van der Waals surface area contributed by atoms with Crippen LogP contribution < -0.4 is 14.4 Å². The SMILES string of the molecule is O=C(NC(CO)(CCc1ccc(C(=O)CCCCc2ccccc2)cc1)COP(=O)(Oc1ccccc1)Oc1ccccc1)OCC1c2ccccc2-c2ccccc21. The van der Waals surface area contributed by atoms with Gasteiger partial charge < -0.3 is 24.2 Å². The van der Waals surface area contributed by atoms with Crippen LogP contribution in [0.5, 0.6) is 11.5 Å². The minimum absolute atomic E-state index is 0.0523. The molecule has 302 valence electrons. The number of aryl methyl sites for hydroxylation is 2. The van der Waals surface area contributed by atoms with Gasteiger partial charge in [-0.3, -0.25) is 9.32 Å². The highest BCUT2D eigenvalue weighted by Crippen LogP contribution is 2.50. The molecule has 0 saturated carbocycles. The summed E-state index contributed by atoms with van der Waals surface area (Å²) in [6.45, 7) is -0.992. The summed E-state index contributed by atoms with van der Waals surface area (Å²) in [4.78, 5) is 26.8. The van der Waals surface area contributed by atoms with Gasteiger partial charge in [0.05, 0.1) is 18.8 Å². The molecule has 6 aromatic rings. The molecule has 0 radical (unpaired) electrons. The molecule has 1 unspecified atom stereocenters. The molecule has 0 aromatic heterocycles. The molecule has 1 amide bonds. The lowest BCUT2D eigenvalue weighted by Gasteiger charge is -2.33. The van der Waals surface area contributed by atoms with Crippen molar-refractivity contribution in [2.24, 2.45) is 0 Å². The number of unbranched alkanes of at least 4 members (excludes halogenated alkanes) is 1. The molecule has 0 saturated heterocycles. The van der Waals surface area contributed by atoms with E-state index >= 15 is 0 Å². The van der Waals surface area contributed by atoms with Crippen LogP contribution in [0.2, 0.25) is 0 Å². The van der Waals surface area contributed by atoms with Crippen molar-refractivity contribution in [3.8, 4) is 22.6 Å². The fourth-order valence-corrected chi connectivity index (χ4v) is 8.63. The van der Waals surface area contributed by atoms with Gasteiger partial charge in [0.2, 0.25) is 0 Å². The number of aliphatic hydroxyl groups excluding tert-OH is 1. The lowest BCUT2D eigenvalue weighted by molar-refractivity contribution is 0.0666. The van der Waals surface area contributed by atoms with Gasteiger partial charge in [0.25, 0.3) is 0 Å². The van der Waals surface area contributed by atoms with Crippen molar-refractivity contribution in [2.75, 3.05) is 19.8 Å². The molecule has 0 bridgehead atoms. The number of ketones is 1. The number of nitrogens with one attached hydrogen (secondary N) is 1. The van der Waals surface area contributed by atoms with Crippen LogP contribution in [0, 0.1) is 0 Å². The summed E-state index contributed by atoms with van der Waals surface area (Å²) < 4.78 is 37.9. The van der Waals surface area contributed by atoms with Crippen molar-refractivity contribution in [3.05, 3.63) is 192 Å². The fourth-order valence-electron chi connectivity index (χ4n) is 7.33. The topological polar surface area (TPSA) is 120 Å². The van der Waals surface area contributed by atoms with Crippen molar-refractivity contribution in [3.63, 3.8) is 0 Å². The van der Waals surface area contributed by atoms with E-state index in [1.54, 1.807) is 72.8 Å². The molecule has 1 aliphatic carbocycles. The van der Waals surface area contributed by atoms with Crippen LogP contribution in [0.25, 0.3) is 11.1 Å². The molecule has 10 heteroatoms. The molecule has 0 heterocycles. The molecule has 6 aromatic carbocycles. The van der Waals surface area contributed by atoms with Crippen LogP contribution in [0.3, 0.4) is 0 Å². The number of fused-ring (bicyclic) bond motifs is 3. The maximum atomic E-state index is 14.4. The lowest BCUT2D eigenvalue weighted by Crippen LogP contribution is -2.55. The predicted octanol–water partition coefficient (Wildman–Crippen LogP) is 10.8. The number of alkyl carbamates (subject to hydrolysis) is 1. The van der Waals surface area contributed by atoms with Crippen LogP contribution in [-0.4, -0.2) is 42.3 Å². The molecule has 59 heavy (non-hydrogen) atoms. The van der Waals surface area contributed by atoms with Gasteiger partial charge in [-0.2, -0.15) is 0 Å². The number of carbonyl (C=O) groups is 2. The first-order valence-electron chi connectivity index (χ1n) is 20.0. The molecule has 7 rings (SSSR count). The average molecular weight is 810 g/mol. The van der Waals surface area contributed by atoms with E-state index in [4.69, 9.17) is 18.3 Å². The first-order chi connectivity index (χ1) is 28.8. The van der Waals surface area contributed by atoms with E-state index < -0.39 is 32.7 Å². The van der Waals surface area contributed by atoms with E-state index in [1.165, 1.54) is 5.56 Å². The maximum absolute atomic E-state index is 14.4. The number of hydrogen-bond acceptors (Lipinski definition) is 8. The van der Waals surface area contributed by atoms with Crippen LogP contribution in [-0.2, 0) is 26.7 Å². The number of ether oxygens (including phenoxy) is 1. The Labute approximate surface area is 345 Å². The van der Waals surface area contributed by atoms with Crippen molar-refractivity contribution in [1.82, 2.24) is 5.32 Å². The maximum Gasteiger partial charge on any atom is 0.587 e. The monoisotopic (exact) mass is 809 g/mol. The molecular formula is C49H48NO8P. The minimum Gasteiger partial charge on any atom is -0.449 e. The zero-order chi connectivity index (χ0) is 40.9. The Morgan fingerprint density at radius 1 is 0.627 bits per heavy atom. The van der Waals surface area contributed by atoms with Crippen LogP contribution in [0.4, 0.5) is 4.79 Å². The third-order valence-corrected chi connectivity index (χ3v) is 11.9. The number of Topliss-reactive ketones (excluding diaryl/α,β-unsaturated/α-hetero) is 1. The van der Waals surface area contributed by atoms with Crippen LogP contribution in [0.1, 0.15) is 64.2 Å².